The number of aryl methyl sites for hydroxylation is 1. The average molecular weight is 272 g/mol. The van der Waals surface area contributed by atoms with Crippen molar-refractivity contribution in [2.75, 3.05) is 33.4 Å². The summed E-state index contributed by atoms with van der Waals surface area (Å²) in [4.78, 5) is 4.73. The second kappa shape index (κ2) is 7.86. The van der Waals surface area contributed by atoms with Gasteiger partial charge in [-0.1, -0.05) is 0 Å². The largest absolute Gasteiger partial charge is 0.395 e. The van der Waals surface area contributed by atoms with Crippen molar-refractivity contribution in [3.63, 3.8) is 0 Å². The molecule has 0 amide bonds. The molecule has 4 nitrogen and oxygen atoms in total. The van der Waals surface area contributed by atoms with Gasteiger partial charge in [-0.3, -0.25) is 4.90 Å². The van der Waals surface area contributed by atoms with Gasteiger partial charge in [-0.05, 0) is 26.0 Å². The molecular formula is C13H24N2O2S. The normalized spacial score (nSPS) is 15.0. The van der Waals surface area contributed by atoms with E-state index in [1.54, 1.807) is 18.4 Å². The fourth-order valence-electron chi connectivity index (χ4n) is 2.11. The number of aliphatic hydroxyl groups excluding tert-OH is 1. The van der Waals surface area contributed by atoms with Crippen LogP contribution in [0.4, 0.5) is 0 Å². The van der Waals surface area contributed by atoms with Gasteiger partial charge in [0.25, 0.3) is 0 Å². The van der Waals surface area contributed by atoms with E-state index in [0.717, 1.165) is 6.54 Å². The Morgan fingerprint density at radius 1 is 1.44 bits per heavy atom. The molecule has 0 saturated carbocycles. The smallest absolute Gasteiger partial charge is 0.0592 e. The van der Waals surface area contributed by atoms with E-state index in [1.165, 1.54) is 9.75 Å². The Balaban J connectivity index is 2.85. The van der Waals surface area contributed by atoms with Crippen LogP contribution in [0, 0.1) is 6.92 Å². The maximum atomic E-state index is 9.20. The number of nitrogens with zero attached hydrogens (tertiary/aromatic N) is 1. The highest BCUT2D eigenvalue weighted by molar-refractivity contribution is 7.12. The molecule has 0 aliphatic rings. The molecule has 3 N–H and O–H groups in total. The van der Waals surface area contributed by atoms with Crippen LogP contribution in [0.3, 0.4) is 0 Å². The highest BCUT2D eigenvalue weighted by Gasteiger charge is 2.24. The number of hydrogen-bond acceptors (Lipinski definition) is 5. The fourth-order valence-corrected chi connectivity index (χ4v) is 3.24. The van der Waals surface area contributed by atoms with Gasteiger partial charge in [0.15, 0.2) is 0 Å². The minimum atomic E-state index is 0.0199. The van der Waals surface area contributed by atoms with E-state index in [0.29, 0.717) is 13.2 Å². The van der Waals surface area contributed by atoms with E-state index in [2.05, 4.69) is 24.0 Å². The van der Waals surface area contributed by atoms with Crippen molar-refractivity contribution in [2.24, 2.45) is 5.73 Å². The summed E-state index contributed by atoms with van der Waals surface area (Å²) in [6.07, 6.45) is 0. The molecule has 0 aliphatic heterocycles. The van der Waals surface area contributed by atoms with Crippen LogP contribution in [0.1, 0.15) is 22.7 Å². The number of rotatable bonds is 8. The topological polar surface area (TPSA) is 58.7 Å². The van der Waals surface area contributed by atoms with E-state index in [-0.39, 0.29) is 18.7 Å². The molecule has 1 aromatic rings. The van der Waals surface area contributed by atoms with Crippen LogP contribution in [0.2, 0.25) is 0 Å². The molecular weight excluding hydrogens is 248 g/mol. The minimum Gasteiger partial charge on any atom is -0.395 e. The van der Waals surface area contributed by atoms with Gasteiger partial charge < -0.3 is 15.6 Å². The molecule has 104 valence electrons. The van der Waals surface area contributed by atoms with Crippen LogP contribution >= 0.6 is 11.3 Å². The molecule has 1 aromatic heterocycles. The summed E-state index contributed by atoms with van der Waals surface area (Å²) >= 11 is 1.77. The lowest BCUT2D eigenvalue weighted by Crippen LogP contribution is -2.42. The van der Waals surface area contributed by atoms with Gasteiger partial charge in [-0.2, -0.15) is 0 Å². The second-order valence-electron chi connectivity index (χ2n) is 4.50. The van der Waals surface area contributed by atoms with Gasteiger partial charge in [-0.25, -0.2) is 0 Å². The molecule has 1 heterocycles. The number of ether oxygens (including phenoxy) is 1. The Labute approximate surface area is 113 Å². The molecule has 0 bridgehead atoms. The Morgan fingerprint density at radius 3 is 2.61 bits per heavy atom. The Kier molecular flexibility index (Phi) is 6.81. The zero-order valence-corrected chi connectivity index (χ0v) is 12.2. The van der Waals surface area contributed by atoms with Crippen molar-refractivity contribution >= 4 is 11.3 Å². The van der Waals surface area contributed by atoms with Crippen LogP contribution in [0.15, 0.2) is 12.1 Å². The molecule has 0 fully saturated rings. The first-order valence-corrected chi connectivity index (χ1v) is 7.07. The predicted molar refractivity (Wildman–Crippen MR) is 76.0 cm³/mol. The number of hydrogen-bond donors (Lipinski definition) is 2. The van der Waals surface area contributed by atoms with Gasteiger partial charge in [0.1, 0.15) is 0 Å². The highest BCUT2D eigenvalue weighted by atomic mass is 32.1. The molecule has 0 spiro atoms. The Hall–Kier alpha value is -0.460. The lowest BCUT2D eigenvalue weighted by molar-refractivity contribution is 0.0941. The molecule has 0 saturated heterocycles. The van der Waals surface area contributed by atoms with Gasteiger partial charge >= 0.3 is 0 Å². The van der Waals surface area contributed by atoms with Crippen molar-refractivity contribution in [3.05, 3.63) is 21.9 Å². The molecule has 0 radical (unpaired) electrons. The van der Waals surface area contributed by atoms with E-state index < -0.39 is 0 Å². The molecule has 2 unspecified atom stereocenters. The molecule has 1 rings (SSSR count). The van der Waals surface area contributed by atoms with E-state index >= 15 is 0 Å². The summed E-state index contributed by atoms with van der Waals surface area (Å²) in [6.45, 7) is 6.28. The standard InChI is InChI=1S/C13H24N2O2S/c1-10-4-5-12(18-10)13(11(2)14)15(6-8-16)7-9-17-3/h4-5,11,13,16H,6-9,14H2,1-3H3. The number of nitrogens with two attached hydrogens (primary N) is 1. The average Bonchev–Trinajstić information content (AvgIpc) is 2.72. The summed E-state index contributed by atoms with van der Waals surface area (Å²) in [5.74, 6) is 0. The maximum Gasteiger partial charge on any atom is 0.0592 e. The SMILES string of the molecule is COCCN(CCO)C(c1ccc(C)s1)C(C)N. The minimum absolute atomic E-state index is 0.0199. The van der Waals surface area contributed by atoms with E-state index in [4.69, 9.17) is 10.5 Å². The first-order valence-electron chi connectivity index (χ1n) is 6.26. The Morgan fingerprint density at radius 2 is 2.17 bits per heavy atom. The van der Waals surface area contributed by atoms with Crippen molar-refractivity contribution < 1.29 is 9.84 Å². The van der Waals surface area contributed by atoms with Gasteiger partial charge in [0, 0.05) is 36.0 Å². The van der Waals surface area contributed by atoms with Crippen molar-refractivity contribution in [1.82, 2.24) is 4.90 Å². The Bertz CT molecular complexity index is 341. The zero-order chi connectivity index (χ0) is 13.5. The van der Waals surface area contributed by atoms with Crippen LogP contribution in [-0.2, 0) is 4.74 Å². The first-order chi connectivity index (χ1) is 8.60. The number of thiophene rings is 1. The molecule has 0 aliphatic carbocycles. The molecule has 5 heteroatoms. The summed E-state index contributed by atoms with van der Waals surface area (Å²) in [5, 5.41) is 9.20. The third-order valence-corrected chi connectivity index (χ3v) is 3.99. The third-order valence-electron chi connectivity index (χ3n) is 2.91. The zero-order valence-electron chi connectivity index (χ0n) is 11.4. The van der Waals surface area contributed by atoms with Crippen LogP contribution in [0.5, 0.6) is 0 Å². The second-order valence-corrected chi connectivity index (χ2v) is 5.82. The number of aliphatic hydroxyl groups is 1. The van der Waals surface area contributed by atoms with Crippen LogP contribution < -0.4 is 5.73 Å². The van der Waals surface area contributed by atoms with Gasteiger partial charge in [0.05, 0.1) is 19.3 Å². The maximum absolute atomic E-state index is 9.20. The lowest BCUT2D eigenvalue weighted by Gasteiger charge is -2.33. The summed E-state index contributed by atoms with van der Waals surface area (Å²) < 4.78 is 5.13. The lowest BCUT2D eigenvalue weighted by atomic mass is 10.1. The predicted octanol–water partition coefficient (Wildman–Crippen LogP) is 1.39. The summed E-state index contributed by atoms with van der Waals surface area (Å²) in [5.41, 5.74) is 6.12. The van der Waals surface area contributed by atoms with E-state index in [9.17, 15) is 5.11 Å². The van der Waals surface area contributed by atoms with Gasteiger partial charge in [-0.15, -0.1) is 11.3 Å². The van der Waals surface area contributed by atoms with Crippen LogP contribution in [-0.4, -0.2) is 49.5 Å². The van der Waals surface area contributed by atoms with Gasteiger partial charge in [0.2, 0.25) is 0 Å². The van der Waals surface area contributed by atoms with Crippen molar-refractivity contribution in [1.29, 1.82) is 0 Å². The fraction of sp³-hybridized carbons (Fsp3) is 0.692. The molecule has 0 aromatic carbocycles. The first kappa shape index (κ1) is 15.6. The third kappa shape index (κ3) is 4.33. The molecule has 2 atom stereocenters. The highest BCUT2D eigenvalue weighted by Crippen LogP contribution is 2.29. The quantitative estimate of drug-likeness (QED) is 0.751. The number of methoxy groups -OCH3 is 1. The van der Waals surface area contributed by atoms with Crippen LogP contribution in [0.25, 0.3) is 0 Å². The molecule has 18 heavy (non-hydrogen) atoms. The summed E-state index contributed by atoms with van der Waals surface area (Å²) in [7, 11) is 1.69. The van der Waals surface area contributed by atoms with E-state index in [1.807, 2.05) is 6.92 Å². The van der Waals surface area contributed by atoms with Crippen molar-refractivity contribution in [3.8, 4) is 0 Å². The van der Waals surface area contributed by atoms with Crippen molar-refractivity contribution in [2.45, 2.75) is 25.9 Å². The summed E-state index contributed by atoms with van der Waals surface area (Å²) in [6, 6.07) is 4.41. The monoisotopic (exact) mass is 272 g/mol.